The standard InChI is InChI=1S/C15H16O4/c1-10-12(5-8-17-10)15(16)11-3-4-13-14(9-11)19-7-2-6-18-13/h3-5,8-9,15-16H,2,6-7H2,1H3. The van der Waals surface area contributed by atoms with Crippen molar-refractivity contribution in [1.82, 2.24) is 0 Å². The smallest absolute Gasteiger partial charge is 0.161 e. The molecule has 2 aromatic rings. The van der Waals surface area contributed by atoms with Crippen molar-refractivity contribution < 1.29 is 19.0 Å². The average molecular weight is 260 g/mol. The fourth-order valence-corrected chi connectivity index (χ4v) is 2.21. The van der Waals surface area contributed by atoms with Crippen LogP contribution in [0.25, 0.3) is 0 Å². The minimum Gasteiger partial charge on any atom is -0.490 e. The van der Waals surface area contributed by atoms with Crippen molar-refractivity contribution in [2.75, 3.05) is 13.2 Å². The lowest BCUT2D eigenvalue weighted by molar-refractivity contribution is 0.217. The molecule has 4 heteroatoms. The largest absolute Gasteiger partial charge is 0.490 e. The van der Waals surface area contributed by atoms with Gasteiger partial charge in [-0.1, -0.05) is 6.07 Å². The summed E-state index contributed by atoms with van der Waals surface area (Å²) in [6, 6.07) is 7.31. The number of hydrogen-bond donors (Lipinski definition) is 1. The van der Waals surface area contributed by atoms with Crippen LogP contribution in [0.4, 0.5) is 0 Å². The average Bonchev–Trinajstić information content (AvgIpc) is 2.72. The predicted molar refractivity (Wildman–Crippen MR) is 69.6 cm³/mol. The molecule has 0 bridgehead atoms. The van der Waals surface area contributed by atoms with Crippen LogP contribution in [0.1, 0.15) is 29.4 Å². The Bertz CT molecular complexity index is 573. The SMILES string of the molecule is Cc1occc1C(O)c1ccc2c(c1)OCCCO2. The van der Waals surface area contributed by atoms with Crippen molar-refractivity contribution in [2.45, 2.75) is 19.4 Å². The molecule has 0 saturated carbocycles. The summed E-state index contributed by atoms with van der Waals surface area (Å²) in [4.78, 5) is 0. The number of aliphatic hydroxyl groups excluding tert-OH is 1. The summed E-state index contributed by atoms with van der Waals surface area (Å²) >= 11 is 0. The quantitative estimate of drug-likeness (QED) is 0.902. The van der Waals surface area contributed by atoms with E-state index < -0.39 is 6.10 Å². The van der Waals surface area contributed by atoms with Crippen LogP contribution in [0, 0.1) is 6.92 Å². The van der Waals surface area contributed by atoms with Crippen LogP contribution in [0.5, 0.6) is 11.5 Å². The van der Waals surface area contributed by atoms with Gasteiger partial charge in [0.05, 0.1) is 19.5 Å². The highest BCUT2D eigenvalue weighted by atomic mass is 16.5. The molecule has 0 saturated heterocycles. The Kier molecular flexibility index (Phi) is 3.17. The third-order valence-electron chi connectivity index (χ3n) is 3.28. The number of ether oxygens (including phenoxy) is 2. The van der Waals surface area contributed by atoms with E-state index in [9.17, 15) is 5.11 Å². The van der Waals surface area contributed by atoms with Crippen LogP contribution < -0.4 is 9.47 Å². The minimum atomic E-state index is -0.712. The second-order valence-corrected chi connectivity index (χ2v) is 4.59. The van der Waals surface area contributed by atoms with E-state index >= 15 is 0 Å². The second kappa shape index (κ2) is 4.97. The van der Waals surface area contributed by atoms with Crippen molar-refractivity contribution in [1.29, 1.82) is 0 Å². The summed E-state index contributed by atoms with van der Waals surface area (Å²) in [6.45, 7) is 3.13. The van der Waals surface area contributed by atoms with E-state index in [0.29, 0.717) is 19.0 Å². The van der Waals surface area contributed by atoms with Gasteiger partial charge < -0.3 is 19.0 Å². The molecule has 19 heavy (non-hydrogen) atoms. The molecule has 4 nitrogen and oxygen atoms in total. The first kappa shape index (κ1) is 12.1. The maximum absolute atomic E-state index is 10.4. The molecule has 1 atom stereocenters. The van der Waals surface area contributed by atoms with Gasteiger partial charge in [-0.25, -0.2) is 0 Å². The Hall–Kier alpha value is -1.94. The van der Waals surface area contributed by atoms with Crippen LogP contribution in [0.15, 0.2) is 34.9 Å². The van der Waals surface area contributed by atoms with E-state index in [-0.39, 0.29) is 0 Å². The van der Waals surface area contributed by atoms with Crippen LogP contribution in [-0.2, 0) is 0 Å². The third-order valence-corrected chi connectivity index (χ3v) is 3.28. The number of aryl methyl sites for hydroxylation is 1. The normalized spacial score (nSPS) is 15.9. The van der Waals surface area contributed by atoms with Gasteiger partial charge in [-0.15, -0.1) is 0 Å². The van der Waals surface area contributed by atoms with E-state index in [4.69, 9.17) is 13.9 Å². The van der Waals surface area contributed by atoms with E-state index in [0.717, 1.165) is 29.1 Å². The number of fused-ring (bicyclic) bond motifs is 1. The van der Waals surface area contributed by atoms with E-state index in [1.165, 1.54) is 0 Å². The highest BCUT2D eigenvalue weighted by Gasteiger charge is 2.18. The molecule has 1 aromatic heterocycles. The first-order chi connectivity index (χ1) is 9.25. The molecule has 1 aliphatic heterocycles. The van der Waals surface area contributed by atoms with Crippen molar-refractivity contribution >= 4 is 0 Å². The maximum Gasteiger partial charge on any atom is 0.161 e. The van der Waals surface area contributed by atoms with Gasteiger partial charge in [-0.05, 0) is 30.7 Å². The van der Waals surface area contributed by atoms with Crippen LogP contribution in [0.3, 0.4) is 0 Å². The molecule has 3 rings (SSSR count). The first-order valence-corrected chi connectivity index (χ1v) is 6.37. The van der Waals surface area contributed by atoms with Crippen molar-refractivity contribution in [3.8, 4) is 11.5 Å². The van der Waals surface area contributed by atoms with Gasteiger partial charge in [0, 0.05) is 12.0 Å². The van der Waals surface area contributed by atoms with Crippen molar-refractivity contribution in [2.24, 2.45) is 0 Å². The van der Waals surface area contributed by atoms with Crippen molar-refractivity contribution in [3.05, 3.63) is 47.4 Å². The minimum absolute atomic E-state index is 0.636. The zero-order valence-electron chi connectivity index (χ0n) is 10.8. The number of benzene rings is 1. The molecule has 100 valence electrons. The summed E-state index contributed by atoms with van der Waals surface area (Å²) in [7, 11) is 0. The molecule has 1 unspecified atom stereocenters. The van der Waals surface area contributed by atoms with Gasteiger partial charge >= 0.3 is 0 Å². The van der Waals surface area contributed by atoms with Gasteiger partial charge in [-0.3, -0.25) is 0 Å². The fraction of sp³-hybridized carbons (Fsp3) is 0.333. The monoisotopic (exact) mass is 260 g/mol. The van der Waals surface area contributed by atoms with Gasteiger partial charge in [0.2, 0.25) is 0 Å². The molecule has 0 amide bonds. The molecule has 1 aromatic carbocycles. The second-order valence-electron chi connectivity index (χ2n) is 4.59. The molecular weight excluding hydrogens is 244 g/mol. The van der Waals surface area contributed by atoms with Crippen LogP contribution in [-0.4, -0.2) is 18.3 Å². The Morgan fingerprint density at radius 2 is 1.89 bits per heavy atom. The van der Waals surface area contributed by atoms with E-state index in [1.54, 1.807) is 12.3 Å². The Labute approximate surface area is 111 Å². The predicted octanol–water partition coefficient (Wildman–Crippen LogP) is 2.83. The fourth-order valence-electron chi connectivity index (χ4n) is 2.21. The lowest BCUT2D eigenvalue weighted by Gasteiger charge is -2.13. The molecule has 0 fully saturated rings. The summed E-state index contributed by atoms with van der Waals surface area (Å²) in [5.41, 5.74) is 1.54. The molecule has 0 spiro atoms. The highest BCUT2D eigenvalue weighted by molar-refractivity contribution is 5.45. The summed E-state index contributed by atoms with van der Waals surface area (Å²) in [5.74, 6) is 2.15. The van der Waals surface area contributed by atoms with E-state index in [1.807, 2.05) is 25.1 Å². The zero-order valence-corrected chi connectivity index (χ0v) is 10.8. The van der Waals surface area contributed by atoms with Gasteiger partial charge in [0.25, 0.3) is 0 Å². The Balaban J connectivity index is 1.93. The first-order valence-electron chi connectivity index (χ1n) is 6.37. The zero-order chi connectivity index (χ0) is 13.2. The number of rotatable bonds is 2. The van der Waals surface area contributed by atoms with Crippen molar-refractivity contribution in [3.63, 3.8) is 0 Å². The number of hydrogen-bond acceptors (Lipinski definition) is 4. The third kappa shape index (κ3) is 2.31. The molecule has 1 aliphatic rings. The lowest BCUT2D eigenvalue weighted by Crippen LogP contribution is -2.01. The summed E-state index contributed by atoms with van der Waals surface area (Å²) in [5, 5.41) is 10.4. The number of furan rings is 1. The molecule has 0 aliphatic carbocycles. The van der Waals surface area contributed by atoms with Gasteiger partial charge in [0.1, 0.15) is 11.9 Å². The molecular formula is C15H16O4. The Morgan fingerprint density at radius 3 is 2.63 bits per heavy atom. The molecule has 1 N–H and O–H groups in total. The lowest BCUT2D eigenvalue weighted by atomic mass is 10.0. The summed E-state index contributed by atoms with van der Waals surface area (Å²) < 4.78 is 16.4. The van der Waals surface area contributed by atoms with Gasteiger partial charge in [-0.2, -0.15) is 0 Å². The molecule has 0 radical (unpaired) electrons. The summed E-state index contributed by atoms with van der Waals surface area (Å²) in [6.07, 6.45) is 1.74. The molecule has 2 heterocycles. The topological polar surface area (TPSA) is 51.8 Å². The Morgan fingerprint density at radius 1 is 1.11 bits per heavy atom. The number of aliphatic hydroxyl groups is 1. The highest BCUT2D eigenvalue weighted by Crippen LogP contribution is 2.34. The van der Waals surface area contributed by atoms with E-state index in [2.05, 4.69) is 0 Å². The van der Waals surface area contributed by atoms with Crippen LogP contribution >= 0.6 is 0 Å². The maximum atomic E-state index is 10.4. The van der Waals surface area contributed by atoms with Gasteiger partial charge in [0.15, 0.2) is 11.5 Å². The van der Waals surface area contributed by atoms with Crippen LogP contribution in [0.2, 0.25) is 0 Å².